The molecule has 1 fully saturated rings. The molecular formula is C22H25N5O2S. The third-order valence-electron chi connectivity index (χ3n) is 6.31. The third-order valence-corrected chi connectivity index (χ3v) is 8.12. The SMILES string of the molecule is C[C@@H]1C[C@H](CS(=O)(=O)CCc2ccccc2)C[C@@H]1c1nnc2cnc3[nH]ccc3n12. The van der Waals surface area contributed by atoms with E-state index in [1.54, 1.807) is 6.20 Å². The standard InChI is InChI=1S/C22H25N5O2S/c1-15-11-17(14-30(28,29)10-8-16-5-3-2-4-6-16)12-18(15)22-26-25-20-13-24-21-19(27(20)22)7-9-23-21/h2-7,9,13,15,17-18,23H,8,10-12,14H2,1H3/t15-,17+,18+/m1/s1. The van der Waals surface area contributed by atoms with Crippen LogP contribution in [0.3, 0.4) is 0 Å². The van der Waals surface area contributed by atoms with E-state index in [1.807, 2.05) is 42.6 Å². The fraction of sp³-hybridized carbons (Fsp3) is 0.409. The highest BCUT2D eigenvalue weighted by Crippen LogP contribution is 2.43. The summed E-state index contributed by atoms with van der Waals surface area (Å²) < 4.78 is 27.6. The van der Waals surface area contributed by atoms with Gasteiger partial charge in [-0.05, 0) is 42.7 Å². The van der Waals surface area contributed by atoms with Crippen molar-refractivity contribution >= 4 is 26.6 Å². The number of fused-ring (bicyclic) bond motifs is 3. The van der Waals surface area contributed by atoms with Crippen molar-refractivity contribution in [1.82, 2.24) is 24.6 Å². The van der Waals surface area contributed by atoms with Crippen molar-refractivity contribution < 1.29 is 8.42 Å². The summed E-state index contributed by atoms with van der Waals surface area (Å²) in [5.41, 5.74) is 3.55. The van der Waals surface area contributed by atoms with Crippen LogP contribution < -0.4 is 0 Å². The van der Waals surface area contributed by atoms with Gasteiger partial charge in [0, 0.05) is 12.1 Å². The summed E-state index contributed by atoms with van der Waals surface area (Å²) in [4.78, 5) is 7.51. The zero-order valence-electron chi connectivity index (χ0n) is 16.9. The minimum atomic E-state index is -3.10. The summed E-state index contributed by atoms with van der Waals surface area (Å²) in [5.74, 6) is 2.06. The number of benzene rings is 1. The Balaban J connectivity index is 1.33. The summed E-state index contributed by atoms with van der Waals surface area (Å²) in [5, 5.41) is 8.78. The maximum atomic E-state index is 12.8. The van der Waals surface area contributed by atoms with E-state index < -0.39 is 9.84 Å². The molecule has 3 heterocycles. The van der Waals surface area contributed by atoms with Crippen LogP contribution in [0, 0.1) is 11.8 Å². The first kappa shape index (κ1) is 19.2. The van der Waals surface area contributed by atoms with Gasteiger partial charge in [-0.2, -0.15) is 0 Å². The molecule has 3 aromatic heterocycles. The fourth-order valence-electron chi connectivity index (χ4n) is 4.87. The maximum absolute atomic E-state index is 12.8. The molecule has 156 valence electrons. The normalized spacial score (nSPS) is 22.2. The van der Waals surface area contributed by atoms with Crippen LogP contribution in [0.25, 0.3) is 16.8 Å². The van der Waals surface area contributed by atoms with Crippen molar-refractivity contribution in [2.24, 2.45) is 11.8 Å². The first-order valence-electron chi connectivity index (χ1n) is 10.4. The minimum absolute atomic E-state index is 0.154. The second-order valence-electron chi connectivity index (χ2n) is 8.49. The number of sulfone groups is 1. The van der Waals surface area contributed by atoms with Crippen LogP contribution in [0.1, 0.15) is 37.1 Å². The summed E-state index contributed by atoms with van der Waals surface area (Å²) in [6.07, 6.45) is 5.87. The van der Waals surface area contributed by atoms with Crippen molar-refractivity contribution in [1.29, 1.82) is 0 Å². The van der Waals surface area contributed by atoms with Crippen molar-refractivity contribution in [2.45, 2.75) is 32.1 Å². The number of aromatic amines is 1. The smallest absolute Gasteiger partial charge is 0.179 e. The average Bonchev–Trinajstić information content (AvgIpc) is 3.44. The van der Waals surface area contributed by atoms with Crippen LogP contribution in [0.15, 0.2) is 48.8 Å². The van der Waals surface area contributed by atoms with Crippen molar-refractivity contribution in [2.75, 3.05) is 11.5 Å². The summed E-state index contributed by atoms with van der Waals surface area (Å²) in [7, 11) is -3.10. The van der Waals surface area contributed by atoms with Crippen molar-refractivity contribution in [3.63, 3.8) is 0 Å². The van der Waals surface area contributed by atoms with E-state index in [9.17, 15) is 8.42 Å². The molecule has 1 N–H and O–H groups in total. The first-order valence-corrected chi connectivity index (χ1v) is 12.2. The Morgan fingerprint density at radius 1 is 1.13 bits per heavy atom. The lowest BCUT2D eigenvalue weighted by Gasteiger charge is -2.13. The molecule has 30 heavy (non-hydrogen) atoms. The molecule has 0 saturated heterocycles. The number of rotatable bonds is 6. The fourth-order valence-corrected chi connectivity index (χ4v) is 6.58. The number of aromatic nitrogens is 5. The Bertz CT molecular complexity index is 1280. The number of hydrogen-bond acceptors (Lipinski definition) is 5. The van der Waals surface area contributed by atoms with Gasteiger partial charge >= 0.3 is 0 Å². The highest BCUT2D eigenvalue weighted by Gasteiger charge is 2.37. The van der Waals surface area contributed by atoms with Gasteiger partial charge in [-0.1, -0.05) is 37.3 Å². The zero-order valence-corrected chi connectivity index (χ0v) is 17.7. The molecule has 1 saturated carbocycles. The second-order valence-corrected chi connectivity index (χ2v) is 10.7. The Kier molecular flexibility index (Phi) is 4.81. The van der Waals surface area contributed by atoms with Gasteiger partial charge in [0.2, 0.25) is 0 Å². The van der Waals surface area contributed by atoms with Crippen LogP contribution in [0.5, 0.6) is 0 Å². The van der Waals surface area contributed by atoms with E-state index in [0.717, 1.165) is 41.0 Å². The van der Waals surface area contributed by atoms with Gasteiger partial charge in [-0.25, -0.2) is 13.4 Å². The molecule has 0 amide bonds. The lowest BCUT2D eigenvalue weighted by molar-refractivity contribution is 0.505. The Morgan fingerprint density at radius 3 is 2.80 bits per heavy atom. The van der Waals surface area contributed by atoms with E-state index in [4.69, 9.17) is 0 Å². The maximum Gasteiger partial charge on any atom is 0.179 e. The highest BCUT2D eigenvalue weighted by molar-refractivity contribution is 7.91. The third kappa shape index (κ3) is 3.60. The minimum Gasteiger partial charge on any atom is -0.345 e. The molecule has 7 nitrogen and oxygen atoms in total. The Morgan fingerprint density at radius 2 is 1.97 bits per heavy atom. The molecular weight excluding hydrogens is 398 g/mol. The van der Waals surface area contributed by atoms with Crippen molar-refractivity contribution in [3.05, 3.63) is 60.2 Å². The van der Waals surface area contributed by atoms with Crippen LogP contribution in [0.2, 0.25) is 0 Å². The first-order chi connectivity index (χ1) is 14.5. The number of H-pyrrole nitrogens is 1. The van der Waals surface area contributed by atoms with Crippen LogP contribution in [0.4, 0.5) is 0 Å². The highest BCUT2D eigenvalue weighted by atomic mass is 32.2. The number of aryl methyl sites for hydroxylation is 1. The average molecular weight is 424 g/mol. The Hall–Kier alpha value is -2.74. The topological polar surface area (TPSA) is 93.0 Å². The van der Waals surface area contributed by atoms with Gasteiger partial charge in [0.1, 0.15) is 5.82 Å². The lowest BCUT2D eigenvalue weighted by Crippen LogP contribution is -2.19. The van der Waals surface area contributed by atoms with Crippen molar-refractivity contribution in [3.8, 4) is 0 Å². The van der Waals surface area contributed by atoms with E-state index in [1.165, 1.54) is 0 Å². The molecule has 0 unspecified atom stereocenters. The number of hydrogen-bond donors (Lipinski definition) is 1. The summed E-state index contributed by atoms with van der Waals surface area (Å²) in [6.45, 7) is 2.19. The lowest BCUT2D eigenvalue weighted by atomic mass is 9.97. The Labute approximate surface area is 175 Å². The van der Waals surface area contributed by atoms with E-state index in [-0.39, 0.29) is 23.3 Å². The van der Waals surface area contributed by atoms with Gasteiger partial charge in [0.15, 0.2) is 21.1 Å². The molecule has 8 heteroatoms. The molecule has 4 aromatic rings. The summed E-state index contributed by atoms with van der Waals surface area (Å²) in [6, 6.07) is 11.8. The van der Waals surface area contributed by atoms with Gasteiger partial charge in [-0.3, -0.25) is 4.40 Å². The predicted molar refractivity (Wildman–Crippen MR) is 116 cm³/mol. The van der Waals surface area contributed by atoms with E-state index in [2.05, 4.69) is 31.5 Å². The van der Waals surface area contributed by atoms with E-state index in [0.29, 0.717) is 12.3 Å². The molecule has 0 radical (unpaired) electrons. The molecule has 1 aliphatic rings. The zero-order chi connectivity index (χ0) is 20.7. The molecule has 1 aromatic carbocycles. The second kappa shape index (κ2) is 7.50. The molecule has 0 bridgehead atoms. The van der Waals surface area contributed by atoms with Crippen LogP contribution in [-0.4, -0.2) is 44.5 Å². The van der Waals surface area contributed by atoms with Gasteiger partial charge in [0.05, 0.1) is 23.2 Å². The van der Waals surface area contributed by atoms with Crippen LogP contribution >= 0.6 is 0 Å². The monoisotopic (exact) mass is 423 g/mol. The molecule has 0 aliphatic heterocycles. The van der Waals surface area contributed by atoms with Gasteiger partial charge in [0.25, 0.3) is 0 Å². The largest absolute Gasteiger partial charge is 0.345 e. The predicted octanol–water partition coefficient (Wildman–Crippen LogP) is 3.39. The molecule has 3 atom stereocenters. The summed E-state index contributed by atoms with van der Waals surface area (Å²) >= 11 is 0. The molecule has 1 aliphatic carbocycles. The van der Waals surface area contributed by atoms with Gasteiger partial charge < -0.3 is 4.98 Å². The number of nitrogens with one attached hydrogen (secondary N) is 1. The van der Waals surface area contributed by atoms with Crippen LogP contribution in [-0.2, 0) is 16.3 Å². The number of nitrogens with zero attached hydrogens (tertiary/aromatic N) is 4. The van der Waals surface area contributed by atoms with Gasteiger partial charge in [-0.15, -0.1) is 10.2 Å². The quantitative estimate of drug-likeness (QED) is 0.513. The molecule has 5 rings (SSSR count). The van der Waals surface area contributed by atoms with E-state index >= 15 is 0 Å². The molecule has 0 spiro atoms.